The van der Waals surface area contributed by atoms with E-state index in [1.54, 1.807) is 0 Å². The van der Waals surface area contributed by atoms with Crippen molar-refractivity contribution in [2.45, 2.75) is 32.7 Å². The quantitative estimate of drug-likeness (QED) is 0.842. The molecule has 0 aliphatic heterocycles. The molecule has 0 atom stereocenters. The molecule has 1 aromatic heterocycles. The van der Waals surface area contributed by atoms with Crippen molar-refractivity contribution in [2.75, 3.05) is 25.0 Å². The summed E-state index contributed by atoms with van der Waals surface area (Å²) in [6.07, 6.45) is 5.98. The summed E-state index contributed by atoms with van der Waals surface area (Å²) < 4.78 is 0. The van der Waals surface area contributed by atoms with Crippen molar-refractivity contribution < 1.29 is 0 Å². The van der Waals surface area contributed by atoms with E-state index in [-0.39, 0.29) is 0 Å². The smallest absolute Gasteiger partial charge is 0.136 e. The Morgan fingerprint density at radius 2 is 2.00 bits per heavy atom. The van der Waals surface area contributed by atoms with Gasteiger partial charge in [0.25, 0.3) is 0 Å². The number of hydrogen-bond acceptors (Lipinski definition) is 3. The first-order valence-electron chi connectivity index (χ1n) is 8.09. The van der Waals surface area contributed by atoms with Crippen molar-refractivity contribution in [3.63, 3.8) is 0 Å². The van der Waals surface area contributed by atoms with Crippen molar-refractivity contribution in [1.29, 1.82) is 0 Å². The molecule has 0 unspecified atom stereocenters. The van der Waals surface area contributed by atoms with Crippen molar-refractivity contribution in [2.24, 2.45) is 5.92 Å². The molecule has 1 fully saturated rings. The lowest BCUT2D eigenvalue weighted by Crippen LogP contribution is -2.27. The van der Waals surface area contributed by atoms with Crippen LogP contribution in [0.3, 0.4) is 0 Å². The van der Waals surface area contributed by atoms with Crippen LogP contribution in [-0.4, -0.2) is 25.1 Å². The molecule has 0 spiro atoms. The number of pyridine rings is 1. The number of fused-ring (bicyclic) bond motifs is 1. The van der Waals surface area contributed by atoms with Crippen LogP contribution in [0.15, 0.2) is 30.5 Å². The van der Waals surface area contributed by atoms with Gasteiger partial charge < -0.3 is 10.2 Å². The SMILES string of the molecule is CCCN(CC1CC1)c1ncc(CNC)c2ccccc12. The second-order valence-corrected chi connectivity index (χ2v) is 6.07. The standard InChI is InChI=1S/C18H25N3/c1-3-10-21(13-14-8-9-14)18-17-7-5-4-6-16(17)15(11-19-2)12-20-18/h4-7,12,14,19H,3,8-11,13H2,1-2H3. The highest BCUT2D eigenvalue weighted by Crippen LogP contribution is 2.33. The first kappa shape index (κ1) is 14.3. The van der Waals surface area contributed by atoms with Gasteiger partial charge in [-0.05, 0) is 43.2 Å². The van der Waals surface area contributed by atoms with Gasteiger partial charge in [0.15, 0.2) is 0 Å². The van der Waals surface area contributed by atoms with Gasteiger partial charge in [0.1, 0.15) is 5.82 Å². The van der Waals surface area contributed by atoms with Crippen LogP contribution < -0.4 is 10.2 Å². The fourth-order valence-corrected chi connectivity index (χ4v) is 2.99. The molecule has 1 aliphatic rings. The summed E-state index contributed by atoms with van der Waals surface area (Å²) in [6.45, 7) is 5.37. The molecule has 1 aromatic carbocycles. The van der Waals surface area contributed by atoms with E-state index in [9.17, 15) is 0 Å². The second kappa shape index (κ2) is 6.44. The van der Waals surface area contributed by atoms with E-state index in [0.29, 0.717) is 0 Å². The van der Waals surface area contributed by atoms with E-state index in [4.69, 9.17) is 4.98 Å². The van der Waals surface area contributed by atoms with E-state index >= 15 is 0 Å². The summed E-state index contributed by atoms with van der Waals surface area (Å²) in [5, 5.41) is 5.86. The number of rotatable bonds is 7. The van der Waals surface area contributed by atoms with E-state index < -0.39 is 0 Å². The molecule has 2 aromatic rings. The highest BCUT2D eigenvalue weighted by atomic mass is 15.2. The van der Waals surface area contributed by atoms with Gasteiger partial charge in [-0.1, -0.05) is 31.2 Å². The summed E-state index contributed by atoms with van der Waals surface area (Å²) in [4.78, 5) is 7.30. The Bertz CT molecular complexity index is 604. The molecule has 3 heteroatoms. The van der Waals surface area contributed by atoms with Crippen molar-refractivity contribution in [3.05, 3.63) is 36.0 Å². The van der Waals surface area contributed by atoms with Crippen LogP contribution in [0.5, 0.6) is 0 Å². The van der Waals surface area contributed by atoms with E-state index in [0.717, 1.165) is 25.6 Å². The maximum Gasteiger partial charge on any atom is 0.136 e. The molecular formula is C18H25N3. The van der Waals surface area contributed by atoms with Gasteiger partial charge in [-0.25, -0.2) is 4.98 Å². The molecule has 3 rings (SSSR count). The maximum absolute atomic E-state index is 4.81. The number of nitrogens with zero attached hydrogens (tertiary/aromatic N) is 2. The highest BCUT2D eigenvalue weighted by molar-refractivity contribution is 5.94. The second-order valence-electron chi connectivity index (χ2n) is 6.07. The average Bonchev–Trinajstić information content (AvgIpc) is 3.32. The van der Waals surface area contributed by atoms with Crippen LogP contribution in [-0.2, 0) is 6.54 Å². The fourth-order valence-electron chi connectivity index (χ4n) is 2.99. The Labute approximate surface area is 127 Å². The predicted octanol–water partition coefficient (Wildman–Crippen LogP) is 3.58. The molecule has 112 valence electrons. The Hall–Kier alpha value is -1.61. The van der Waals surface area contributed by atoms with Gasteiger partial charge in [0.2, 0.25) is 0 Å². The Morgan fingerprint density at radius 1 is 1.24 bits per heavy atom. The van der Waals surface area contributed by atoms with E-state index in [1.807, 2.05) is 13.2 Å². The number of hydrogen-bond donors (Lipinski definition) is 1. The topological polar surface area (TPSA) is 28.2 Å². The molecule has 1 N–H and O–H groups in total. The summed E-state index contributed by atoms with van der Waals surface area (Å²) in [7, 11) is 1.99. The number of anilines is 1. The van der Waals surface area contributed by atoms with Gasteiger partial charge in [0.05, 0.1) is 0 Å². The van der Waals surface area contributed by atoms with E-state index in [1.165, 1.54) is 41.4 Å². The Balaban J connectivity index is 2.01. The fraction of sp³-hybridized carbons (Fsp3) is 0.500. The number of benzene rings is 1. The monoisotopic (exact) mass is 283 g/mol. The van der Waals surface area contributed by atoms with Crippen LogP contribution in [0.25, 0.3) is 10.8 Å². The third kappa shape index (κ3) is 3.18. The van der Waals surface area contributed by atoms with Crippen LogP contribution >= 0.6 is 0 Å². The normalized spacial score (nSPS) is 14.6. The van der Waals surface area contributed by atoms with Crippen LogP contribution in [0, 0.1) is 5.92 Å². The van der Waals surface area contributed by atoms with Crippen LogP contribution in [0.2, 0.25) is 0 Å². The van der Waals surface area contributed by atoms with Gasteiger partial charge in [-0.3, -0.25) is 0 Å². The molecule has 0 saturated heterocycles. The molecule has 0 radical (unpaired) electrons. The largest absolute Gasteiger partial charge is 0.356 e. The predicted molar refractivity (Wildman–Crippen MR) is 89.7 cm³/mol. The minimum Gasteiger partial charge on any atom is -0.356 e. The molecule has 0 amide bonds. The lowest BCUT2D eigenvalue weighted by atomic mass is 10.1. The number of nitrogens with one attached hydrogen (secondary N) is 1. The zero-order valence-electron chi connectivity index (χ0n) is 13.1. The third-order valence-electron chi connectivity index (χ3n) is 4.19. The average molecular weight is 283 g/mol. The maximum atomic E-state index is 4.81. The first-order chi connectivity index (χ1) is 10.3. The molecule has 1 aliphatic carbocycles. The summed E-state index contributed by atoms with van der Waals surface area (Å²) in [5.41, 5.74) is 1.28. The summed E-state index contributed by atoms with van der Waals surface area (Å²) in [6, 6.07) is 8.68. The first-order valence-corrected chi connectivity index (χ1v) is 8.09. The molecule has 3 nitrogen and oxygen atoms in total. The zero-order chi connectivity index (χ0) is 14.7. The van der Waals surface area contributed by atoms with Crippen molar-refractivity contribution in [1.82, 2.24) is 10.3 Å². The summed E-state index contributed by atoms with van der Waals surface area (Å²) in [5.74, 6) is 2.05. The lowest BCUT2D eigenvalue weighted by Gasteiger charge is -2.25. The van der Waals surface area contributed by atoms with Crippen molar-refractivity contribution >= 4 is 16.6 Å². The van der Waals surface area contributed by atoms with Crippen LogP contribution in [0.1, 0.15) is 31.7 Å². The minimum absolute atomic E-state index is 0.865. The highest BCUT2D eigenvalue weighted by Gasteiger charge is 2.25. The molecular weight excluding hydrogens is 258 g/mol. The molecule has 0 bridgehead atoms. The third-order valence-corrected chi connectivity index (χ3v) is 4.19. The summed E-state index contributed by atoms with van der Waals surface area (Å²) >= 11 is 0. The van der Waals surface area contributed by atoms with Gasteiger partial charge in [-0.15, -0.1) is 0 Å². The van der Waals surface area contributed by atoms with E-state index in [2.05, 4.69) is 41.4 Å². The van der Waals surface area contributed by atoms with Crippen molar-refractivity contribution in [3.8, 4) is 0 Å². The Kier molecular flexibility index (Phi) is 4.39. The lowest BCUT2D eigenvalue weighted by molar-refractivity contribution is 0.701. The van der Waals surface area contributed by atoms with Gasteiger partial charge in [0, 0.05) is 31.2 Å². The van der Waals surface area contributed by atoms with Gasteiger partial charge in [-0.2, -0.15) is 0 Å². The zero-order valence-corrected chi connectivity index (χ0v) is 13.1. The molecule has 1 saturated carbocycles. The molecule has 1 heterocycles. The molecule has 21 heavy (non-hydrogen) atoms. The Morgan fingerprint density at radius 3 is 2.67 bits per heavy atom. The van der Waals surface area contributed by atoms with Crippen LogP contribution in [0.4, 0.5) is 5.82 Å². The number of aromatic nitrogens is 1. The minimum atomic E-state index is 0.865. The van der Waals surface area contributed by atoms with Gasteiger partial charge >= 0.3 is 0 Å².